The van der Waals surface area contributed by atoms with Gasteiger partial charge in [-0.1, -0.05) is 0 Å². The Morgan fingerprint density at radius 3 is 2.65 bits per heavy atom. The topological polar surface area (TPSA) is 85.1 Å². The van der Waals surface area contributed by atoms with Crippen molar-refractivity contribution in [2.45, 2.75) is 25.8 Å². The maximum atomic E-state index is 12.2. The number of rotatable bonds is 5. The van der Waals surface area contributed by atoms with E-state index in [4.69, 9.17) is 0 Å². The van der Waals surface area contributed by atoms with E-state index in [1.54, 1.807) is 27.7 Å². The number of amides is 1. The van der Waals surface area contributed by atoms with Crippen molar-refractivity contribution in [3.8, 4) is 5.82 Å². The quantitative estimate of drug-likeness (QED) is 0.832. The lowest BCUT2D eigenvalue weighted by atomic mass is 9.95. The first-order valence-electron chi connectivity index (χ1n) is 9.24. The highest BCUT2D eigenvalue weighted by atomic mass is 16.2. The van der Waals surface area contributed by atoms with Crippen LogP contribution in [0.3, 0.4) is 0 Å². The molecule has 2 aliphatic rings. The number of piperidine rings is 1. The first-order chi connectivity index (χ1) is 12.7. The second-order valence-corrected chi connectivity index (χ2v) is 7.28. The summed E-state index contributed by atoms with van der Waals surface area (Å²) in [6.45, 7) is 4.47. The first-order valence-corrected chi connectivity index (χ1v) is 9.24. The molecule has 1 unspecified atom stereocenters. The molecule has 26 heavy (non-hydrogen) atoms. The van der Waals surface area contributed by atoms with Gasteiger partial charge in [-0.05, 0) is 49.9 Å². The van der Waals surface area contributed by atoms with Crippen LogP contribution in [0.25, 0.3) is 5.82 Å². The van der Waals surface area contributed by atoms with Gasteiger partial charge in [0.1, 0.15) is 0 Å². The SMILES string of the molecule is O=C1CC(CN2CCC(Cn3nc(-n4cccn4)ccc3=O)CC2)CN1. The molecule has 8 nitrogen and oxygen atoms in total. The molecule has 2 aromatic rings. The van der Waals surface area contributed by atoms with Crippen molar-refractivity contribution >= 4 is 5.91 Å². The van der Waals surface area contributed by atoms with E-state index in [0.29, 0.717) is 30.6 Å². The summed E-state index contributed by atoms with van der Waals surface area (Å²) in [4.78, 5) is 25.9. The van der Waals surface area contributed by atoms with Gasteiger partial charge in [-0.3, -0.25) is 9.59 Å². The Hall–Kier alpha value is -2.48. The van der Waals surface area contributed by atoms with Crippen LogP contribution < -0.4 is 10.9 Å². The van der Waals surface area contributed by atoms with Crippen LogP contribution in [0.15, 0.2) is 35.4 Å². The standard InChI is InChI=1S/C18H24N6O2/c25-17-10-15(11-19-17)12-22-8-4-14(5-9-22)13-24-18(26)3-2-16(21-24)23-7-1-6-20-23/h1-3,6-7,14-15H,4-5,8-13H2,(H,19,25). The van der Waals surface area contributed by atoms with Gasteiger partial charge in [-0.25, -0.2) is 9.36 Å². The smallest absolute Gasteiger partial charge is 0.266 e. The number of hydrogen-bond acceptors (Lipinski definition) is 5. The van der Waals surface area contributed by atoms with Crippen molar-refractivity contribution in [2.75, 3.05) is 26.2 Å². The Kier molecular flexibility index (Phi) is 4.83. The van der Waals surface area contributed by atoms with Gasteiger partial charge in [0.05, 0.1) is 0 Å². The number of carbonyl (C=O) groups is 1. The molecular formula is C18H24N6O2. The van der Waals surface area contributed by atoms with Crippen molar-refractivity contribution in [3.63, 3.8) is 0 Å². The fourth-order valence-electron chi connectivity index (χ4n) is 3.85. The van der Waals surface area contributed by atoms with Gasteiger partial charge in [0.15, 0.2) is 5.82 Å². The molecule has 1 amide bonds. The minimum Gasteiger partial charge on any atom is -0.356 e. The highest BCUT2D eigenvalue weighted by Crippen LogP contribution is 2.21. The molecule has 0 saturated carbocycles. The van der Waals surface area contributed by atoms with Crippen molar-refractivity contribution in [1.82, 2.24) is 29.8 Å². The van der Waals surface area contributed by atoms with Crippen molar-refractivity contribution < 1.29 is 4.79 Å². The van der Waals surface area contributed by atoms with Gasteiger partial charge in [-0.2, -0.15) is 5.10 Å². The first kappa shape index (κ1) is 17.0. The molecule has 0 aliphatic carbocycles. The number of aromatic nitrogens is 4. The zero-order chi connectivity index (χ0) is 17.9. The molecule has 0 aromatic carbocycles. The summed E-state index contributed by atoms with van der Waals surface area (Å²) < 4.78 is 3.23. The Labute approximate surface area is 151 Å². The third-order valence-corrected chi connectivity index (χ3v) is 5.31. The number of likely N-dealkylation sites (tertiary alicyclic amines) is 1. The molecule has 2 aromatic heterocycles. The maximum Gasteiger partial charge on any atom is 0.266 e. The van der Waals surface area contributed by atoms with Crippen LogP contribution in [0.2, 0.25) is 0 Å². The fraction of sp³-hybridized carbons (Fsp3) is 0.556. The average Bonchev–Trinajstić information content (AvgIpc) is 3.31. The highest BCUT2D eigenvalue weighted by Gasteiger charge is 2.26. The number of carbonyl (C=O) groups excluding carboxylic acids is 1. The number of nitrogens with one attached hydrogen (secondary N) is 1. The van der Waals surface area contributed by atoms with Gasteiger partial charge in [0, 0.05) is 44.5 Å². The maximum absolute atomic E-state index is 12.2. The van der Waals surface area contributed by atoms with E-state index >= 15 is 0 Å². The summed E-state index contributed by atoms with van der Waals surface area (Å²) >= 11 is 0. The molecule has 0 spiro atoms. The zero-order valence-electron chi connectivity index (χ0n) is 14.8. The summed E-state index contributed by atoms with van der Waals surface area (Å²) in [5, 5.41) is 11.5. The van der Waals surface area contributed by atoms with Crippen LogP contribution in [0.5, 0.6) is 0 Å². The fourth-order valence-corrected chi connectivity index (χ4v) is 3.85. The molecular weight excluding hydrogens is 332 g/mol. The van der Waals surface area contributed by atoms with Crippen molar-refractivity contribution in [2.24, 2.45) is 11.8 Å². The van der Waals surface area contributed by atoms with Crippen LogP contribution in [-0.2, 0) is 11.3 Å². The highest BCUT2D eigenvalue weighted by molar-refractivity contribution is 5.78. The lowest BCUT2D eigenvalue weighted by Gasteiger charge is -2.33. The van der Waals surface area contributed by atoms with Crippen molar-refractivity contribution in [1.29, 1.82) is 0 Å². The minimum atomic E-state index is -0.0705. The summed E-state index contributed by atoms with van der Waals surface area (Å²) in [6.07, 6.45) is 6.26. The second kappa shape index (κ2) is 7.41. The molecule has 4 rings (SSSR count). The summed E-state index contributed by atoms with van der Waals surface area (Å²) in [5.41, 5.74) is -0.0705. The Bertz CT molecular complexity index is 807. The Morgan fingerprint density at radius 2 is 1.96 bits per heavy atom. The van der Waals surface area contributed by atoms with Crippen LogP contribution in [0.1, 0.15) is 19.3 Å². The van der Waals surface area contributed by atoms with Crippen LogP contribution >= 0.6 is 0 Å². The predicted molar refractivity (Wildman–Crippen MR) is 95.9 cm³/mol. The molecule has 1 atom stereocenters. The largest absolute Gasteiger partial charge is 0.356 e. The van der Waals surface area contributed by atoms with Gasteiger partial charge in [0.2, 0.25) is 5.91 Å². The molecule has 0 radical (unpaired) electrons. The Balaban J connectivity index is 1.33. The molecule has 2 fully saturated rings. The molecule has 0 bridgehead atoms. The third kappa shape index (κ3) is 3.85. The normalized spacial score (nSPS) is 21.8. The molecule has 2 saturated heterocycles. The van der Waals surface area contributed by atoms with E-state index in [0.717, 1.165) is 39.0 Å². The third-order valence-electron chi connectivity index (χ3n) is 5.31. The number of nitrogens with zero attached hydrogens (tertiary/aromatic N) is 5. The summed E-state index contributed by atoms with van der Waals surface area (Å²) in [6, 6.07) is 5.09. The second-order valence-electron chi connectivity index (χ2n) is 7.28. The van der Waals surface area contributed by atoms with Gasteiger partial charge < -0.3 is 10.2 Å². The zero-order valence-corrected chi connectivity index (χ0v) is 14.8. The van der Waals surface area contributed by atoms with E-state index < -0.39 is 0 Å². The van der Waals surface area contributed by atoms with E-state index in [1.807, 2.05) is 12.3 Å². The summed E-state index contributed by atoms with van der Waals surface area (Å²) in [5.74, 6) is 1.72. The predicted octanol–water partition coefficient (Wildman–Crippen LogP) is 0.277. The monoisotopic (exact) mass is 356 g/mol. The van der Waals surface area contributed by atoms with Gasteiger partial charge in [0.25, 0.3) is 5.56 Å². The minimum absolute atomic E-state index is 0.0705. The van der Waals surface area contributed by atoms with E-state index in [2.05, 4.69) is 20.4 Å². The molecule has 2 aliphatic heterocycles. The van der Waals surface area contributed by atoms with E-state index in [-0.39, 0.29) is 11.5 Å². The van der Waals surface area contributed by atoms with Crippen LogP contribution in [0, 0.1) is 11.8 Å². The molecule has 4 heterocycles. The van der Waals surface area contributed by atoms with Crippen LogP contribution in [-0.4, -0.2) is 56.5 Å². The van der Waals surface area contributed by atoms with Gasteiger partial charge >= 0.3 is 0 Å². The van der Waals surface area contributed by atoms with Gasteiger partial charge in [-0.15, -0.1) is 5.10 Å². The van der Waals surface area contributed by atoms with Crippen molar-refractivity contribution in [3.05, 3.63) is 40.9 Å². The number of hydrogen-bond donors (Lipinski definition) is 1. The average molecular weight is 356 g/mol. The molecule has 8 heteroatoms. The Morgan fingerprint density at radius 1 is 1.12 bits per heavy atom. The van der Waals surface area contributed by atoms with E-state index in [1.165, 1.54) is 0 Å². The summed E-state index contributed by atoms with van der Waals surface area (Å²) in [7, 11) is 0. The molecule has 138 valence electrons. The van der Waals surface area contributed by atoms with E-state index in [9.17, 15) is 9.59 Å². The lowest BCUT2D eigenvalue weighted by Crippen LogP contribution is -2.39. The molecule has 1 N–H and O–H groups in total. The lowest BCUT2D eigenvalue weighted by molar-refractivity contribution is -0.119. The van der Waals surface area contributed by atoms with Crippen LogP contribution in [0.4, 0.5) is 0 Å².